The van der Waals surface area contributed by atoms with Gasteiger partial charge < -0.3 is 10.5 Å². The number of hydrogen-bond acceptors (Lipinski definition) is 3. The minimum Gasteiger partial charge on any atom is -0.497 e. The zero-order chi connectivity index (χ0) is 13.0. The summed E-state index contributed by atoms with van der Waals surface area (Å²) in [4.78, 5) is 0. The predicted molar refractivity (Wildman–Crippen MR) is 72.6 cm³/mol. The molecule has 4 nitrogen and oxygen atoms in total. The molecule has 4 heteroatoms. The van der Waals surface area contributed by atoms with E-state index in [1.807, 2.05) is 28.9 Å². The Morgan fingerprint density at radius 1 is 1.28 bits per heavy atom. The predicted octanol–water partition coefficient (Wildman–Crippen LogP) is 2.08. The lowest BCUT2D eigenvalue weighted by Crippen LogP contribution is -2.04. The minimum atomic E-state index is 0.628. The molecule has 0 atom stereocenters. The van der Waals surface area contributed by atoms with Gasteiger partial charge in [-0.15, -0.1) is 0 Å². The van der Waals surface area contributed by atoms with Crippen molar-refractivity contribution < 1.29 is 4.74 Å². The number of nitrogens with two attached hydrogens (primary N) is 1. The average molecular weight is 245 g/mol. The first kappa shape index (κ1) is 12.6. The lowest BCUT2D eigenvalue weighted by Gasteiger charge is -2.05. The van der Waals surface area contributed by atoms with Crippen LogP contribution in [0.15, 0.2) is 30.3 Å². The van der Waals surface area contributed by atoms with Gasteiger partial charge >= 0.3 is 0 Å². The quantitative estimate of drug-likeness (QED) is 0.877. The van der Waals surface area contributed by atoms with E-state index in [1.54, 1.807) is 7.11 Å². The van der Waals surface area contributed by atoms with Gasteiger partial charge in [-0.3, -0.25) is 4.68 Å². The third kappa shape index (κ3) is 2.54. The Balaban J connectivity index is 2.35. The van der Waals surface area contributed by atoms with Crippen LogP contribution in [0.2, 0.25) is 0 Å². The second-order valence-electron chi connectivity index (χ2n) is 4.10. The summed E-state index contributed by atoms with van der Waals surface area (Å²) in [7, 11) is 1.67. The minimum absolute atomic E-state index is 0.628. The maximum Gasteiger partial charge on any atom is 0.118 e. The van der Waals surface area contributed by atoms with Crippen molar-refractivity contribution in [2.75, 3.05) is 13.7 Å². The van der Waals surface area contributed by atoms with Crippen molar-refractivity contribution in [1.29, 1.82) is 0 Å². The van der Waals surface area contributed by atoms with Crippen molar-refractivity contribution in [2.45, 2.75) is 19.9 Å². The monoisotopic (exact) mass is 245 g/mol. The van der Waals surface area contributed by atoms with E-state index in [1.165, 1.54) is 0 Å². The van der Waals surface area contributed by atoms with Crippen molar-refractivity contribution >= 4 is 0 Å². The highest BCUT2D eigenvalue weighted by atomic mass is 16.5. The SMILES string of the molecule is CCn1nc(CCN)cc1-c1ccc(OC)cc1. The van der Waals surface area contributed by atoms with Crippen LogP contribution in [0.4, 0.5) is 0 Å². The normalized spacial score (nSPS) is 10.6. The van der Waals surface area contributed by atoms with Crippen molar-refractivity contribution in [2.24, 2.45) is 5.73 Å². The maximum absolute atomic E-state index is 5.57. The summed E-state index contributed by atoms with van der Waals surface area (Å²) in [5, 5.41) is 4.54. The highest BCUT2D eigenvalue weighted by molar-refractivity contribution is 5.61. The van der Waals surface area contributed by atoms with Crippen LogP contribution in [0.25, 0.3) is 11.3 Å². The molecule has 2 rings (SSSR count). The van der Waals surface area contributed by atoms with Crippen LogP contribution >= 0.6 is 0 Å². The van der Waals surface area contributed by atoms with Gasteiger partial charge in [-0.25, -0.2) is 0 Å². The molecule has 0 spiro atoms. The van der Waals surface area contributed by atoms with Crippen LogP contribution in [0, 0.1) is 0 Å². The first-order chi connectivity index (χ1) is 8.78. The Labute approximate surface area is 107 Å². The number of nitrogens with zero attached hydrogens (tertiary/aromatic N) is 2. The summed E-state index contributed by atoms with van der Waals surface area (Å²) in [6.45, 7) is 3.57. The molecule has 18 heavy (non-hydrogen) atoms. The van der Waals surface area contributed by atoms with Gasteiger partial charge in [0.05, 0.1) is 18.5 Å². The molecule has 2 N–H and O–H groups in total. The number of ether oxygens (including phenoxy) is 1. The molecule has 0 aliphatic carbocycles. The fourth-order valence-corrected chi connectivity index (χ4v) is 1.98. The van der Waals surface area contributed by atoms with Gasteiger partial charge in [0.25, 0.3) is 0 Å². The number of aryl methyl sites for hydroxylation is 1. The van der Waals surface area contributed by atoms with Crippen LogP contribution in [0.1, 0.15) is 12.6 Å². The molecule has 0 bridgehead atoms. The van der Waals surface area contributed by atoms with Crippen molar-refractivity contribution in [1.82, 2.24) is 9.78 Å². The number of methoxy groups -OCH3 is 1. The number of rotatable bonds is 5. The standard InChI is InChI=1S/C14H19N3O/c1-3-17-14(10-12(16-17)8-9-15)11-4-6-13(18-2)7-5-11/h4-7,10H,3,8-9,15H2,1-2H3. The lowest BCUT2D eigenvalue weighted by atomic mass is 10.1. The number of aromatic nitrogens is 2. The maximum atomic E-state index is 5.57. The molecule has 2 aromatic rings. The molecule has 0 saturated carbocycles. The van der Waals surface area contributed by atoms with Crippen LogP contribution in [0.3, 0.4) is 0 Å². The largest absolute Gasteiger partial charge is 0.497 e. The van der Waals surface area contributed by atoms with Crippen LogP contribution in [0.5, 0.6) is 5.75 Å². The summed E-state index contributed by atoms with van der Waals surface area (Å²) in [5.41, 5.74) is 8.89. The van der Waals surface area contributed by atoms with E-state index in [0.717, 1.165) is 35.7 Å². The Morgan fingerprint density at radius 3 is 2.56 bits per heavy atom. The summed E-state index contributed by atoms with van der Waals surface area (Å²) in [6.07, 6.45) is 0.816. The Kier molecular flexibility index (Phi) is 3.99. The molecule has 1 heterocycles. The molecular weight excluding hydrogens is 226 g/mol. The van der Waals surface area contributed by atoms with E-state index in [-0.39, 0.29) is 0 Å². The molecule has 0 aliphatic heterocycles. The van der Waals surface area contributed by atoms with E-state index < -0.39 is 0 Å². The number of benzene rings is 1. The molecule has 0 radical (unpaired) electrons. The van der Waals surface area contributed by atoms with Crippen LogP contribution in [-0.2, 0) is 13.0 Å². The number of hydrogen-bond donors (Lipinski definition) is 1. The van der Waals surface area contributed by atoms with Crippen molar-refractivity contribution in [3.63, 3.8) is 0 Å². The van der Waals surface area contributed by atoms with E-state index >= 15 is 0 Å². The van der Waals surface area contributed by atoms with Gasteiger partial charge in [-0.1, -0.05) is 0 Å². The molecular formula is C14H19N3O. The zero-order valence-electron chi connectivity index (χ0n) is 10.9. The Hall–Kier alpha value is -1.81. The van der Waals surface area contributed by atoms with Crippen molar-refractivity contribution in [3.05, 3.63) is 36.0 Å². The molecule has 0 fully saturated rings. The van der Waals surface area contributed by atoms with E-state index in [4.69, 9.17) is 10.5 Å². The van der Waals surface area contributed by atoms with Gasteiger partial charge in [-0.2, -0.15) is 5.10 Å². The summed E-state index contributed by atoms with van der Waals surface area (Å²) >= 11 is 0. The molecule has 0 amide bonds. The fourth-order valence-electron chi connectivity index (χ4n) is 1.98. The molecule has 0 aliphatic rings. The molecule has 0 saturated heterocycles. The van der Waals surface area contributed by atoms with Gasteiger partial charge in [-0.05, 0) is 43.8 Å². The van der Waals surface area contributed by atoms with E-state index in [2.05, 4.69) is 18.1 Å². The second kappa shape index (κ2) is 5.69. The van der Waals surface area contributed by atoms with Crippen LogP contribution in [-0.4, -0.2) is 23.4 Å². The molecule has 1 aromatic carbocycles. The van der Waals surface area contributed by atoms with Gasteiger partial charge in [0.2, 0.25) is 0 Å². The van der Waals surface area contributed by atoms with E-state index in [9.17, 15) is 0 Å². The topological polar surface area (TPSA) is 53.1 Å². The fraction of sp³-hybridized carbons (Fsp3) is 0.357. The first-order valence-corrected chi connectivity index (χ1v) is 6.19. The average Bonchev–Trinajstić information content (AvgIpc) is 2.82. The van der Waals surface area contributed by atoms with Gasteiger partial charge in [0.15, 0.2) is 0 Å². The second-order valence-corrected chi connectivity index (χ2v) is 4.10. The smallest absolute Gasteiger partial charge is 0.118 e. The third-order valence-electron chi connectivity index (χ3n) is 2.92. The van der Waals surface area contributed by atoms with E-state index in [0.29, 0.717) is 6.54 Å². The summed E-state index contributed by atoms with van der Waals surface area (Å²) in [6, 6.07) is 10.1. The first-order valence-electron chi connectivity index (χ1n) is 6.19. The van der Waals surface area contributed by atoms with Crippen molar-refractivity contribution in [3.8, 4) is 17.0 Å². The third-order valence-corrected chi connectivity index (χ3v) is 2.92. The zero-order valence-corrected chi connectivity index (χ0v) is 10.9. The molecule has 0 unspecified atom stereocenters. The van der Waals surface area contributed by atoms with Crippen LogP contribution < -0.4 is 10.5 Å². The highest BCUT2D eigenvalue weighted by Gasteiger charge is 2.08. The highest BCUT2D eigenvalue weighted by Crippen LogP contribution is 2.23. The molecule has 1 aromatic heterocycles. The Bertz CT molecular complexity index is 502. The Morgan fingerprint density at radius 2 is 2.00 bits per heavy atom. The summed E-state index contributed by atoms with van der Waals surface area (Å²) < 4.78 is 7.17. The van der Waals surface area contributed by atoms with Gasteiger partial charge in [0, 0.05) is 18.5 Å². The summed E-state index contributed by atoms with van der Waals surface area (Å²) in [5.74, 6) is 0.864. The van der Waals surface area contributed by atoms with Gasteiger partial charge in [0.1, 0.15) is 5.75 Å². The lowest BCUT2D eigenvalue weighted by molar-refractivity contribution is 0.415. The molecule has 96 valence electrons.